The van der Waals surface area contributed by atoms with Gasteiger partial charge in [0, 0.05) is 6.07 Å². The minimum atomic E-state index is -1.26. The van der Waals surface area contributed by atoms with Crippen LogP contribution in [0.4, 0.5) is 14.5 Å². The van der Waals surface area contributed by atoms with Crippen LogP contribution in [0.5, 0.6) is 0 Å². The summed E-state index contributed by atoms with van der Waals surface area (Å²) in [5.41, 5.74) is -0.291. The Labute approximate surface area is 136 Å². The monoisotopic (exact) mass is 339 g/mol. The molecule has 6 nitrogen and oxygen atoms in total. The standard InChI is InChI=1S/C16H15F2NO5/c1-8-12(6-11(7-20)23-8)16(22)24-9(2)15(21)19-14-5-10(17)3-4-13(14)18/h3-6,9,20H,7H2,1-2H3,(H,19,21)/t9-/m1/s1. The largest absolute Gasteiger partial charge is 0.463 e. The number of ether oxygens (including phenoxy) is 1. The molecule has 0 aliphatic rings. The van der Waals surface area contributed by atoms with Gasteiger partial charge in [-0.15, -0.1) is 0 Å². The molecule has 0 bridgehead atoms. The van der Waals surface area contributed by atoms with Crippen molar-refractivity contribution in [1.29, 1.82) is 0 Å². The van der Waals surface area contributed by atoms with E-state index in [1.807, 2.05) is 0 Å². The average molecular weight is 339 g/mol. The predicted octanol–water partition coefficient (Wildman–Crippen LogP) is 2.54. The topological polar surface area (TPSA) is 88.8 Å². The first kappa shape index (κ1) is 17.6. The van der Waals surface area contributed by atoms with E-state index in [2.05, 4.69) is 5.32 Å². The first-order valence-electron chi connectivity index (χ1n) is 6.99. The van der Waals surface area contributed by atoms with Gasteiger partial charge in [0.2, 0.25) is 0 Å². The van der Waals surface area contributed by atoms with Crippen LogP contribution in [-0.4, -0.2) is 23.1 Å². The van der Waals surface area contributed by atoms with Gasteiger partial charge in [0.1, 0.15) is 35.3 Å². The minimum Gasteiger partial charge on any atom is -0.463 e. The third-order valence-corrected chi connectivity index (χ3v) is 3.18. The molecule has 0 unspecified atom stereocenters. The lowest BCUT2D eigenvalue weighted by Gasteiger charge is -2.13. The molecule has 128 valence electrons. The number of aryl methyl sites for hydroxylation is 1. The van der Waals surface area contributed by atoms with Gasteiger partial charge in [-0.3, -0.25) is 4.79 Å². The number of furan rings is 1. The van der Waals surface area contributed by atoms with Crippen molar-refractivity contribution in [2.45, 2.75) is 26.6 Å². The zero-order chi connectivity index (χ0) is 17.9. The van der Waals surface area contributed by atoms with Crippen LogP contribution in [0.15, 0.2) is 28.7 Å². The third kappa shape index (κ3) is 3.96. The van der Waals surface area contributed by atoms with Crippen LogP contribution in [-0.2, 0) is 16.1 Å². The van der Waals surface area contributed by atoms with Crippen LogP contribution in [0.25, 0.3) is 0 Å². The van der Waals surface area contributed by atoms with Crippen molar-refractivity contribution in [1.82, 2.24) is 0 Å². The summed E-state index contributed by atoms with van der Waals surface area (Å²) < 4.78 is 36.6. The Kier molecular flexibility index (Phi) is 5.30. The van der Waals surface area contributed by atoms with Crippen molar-refractivity contribution in [2.75, 3.05) is 5.32 Å². The summed E-state index contributed by atoms with van der Waals surface area (Å²) in [6.45, 7) is 2.40. The quantitative estimate of drug-likeness (QED) is 0.817. The number of aliphatic hydroxyl groups excluding tert-OH is 1. The number of aliphatic hydroxyl groups is 1. The number of halogens is 2. The van der Waals surface area contributed by atoms with Gasteiger partial charge in [-0.25, -0.2) is 13.6 Å². The summed E-state index contributed by atoms with van der Waals surface area (Å²) in [7, 11) is 0. The molecule has 2 rings (SSSR count). The van der Waals surface area contributed by atoms with Gasteiger partial charge in [0.05, 0.1) is 5.69 Å². The smallest absolute Gasteiger partial charge is 0.342 e. The van der Waals surface area contributed by atoms with Crippen LogP contribution in [0, 0.1) is 18.6 Å². The molecule has 0 spiro atoms. The van der Waals surface area contributed by atoms with Gasteiger partial charge in [-0.2, -0.15) is 0 Å². The van der Waals surface area contributed by atoms with Gasteiger partial charge in [-0.1, -0.05) is 0 Å². The average Bonchev–Trinajstić information content (AvgIpc) is 2.92. The number of rotatable bonds is 5. The van der Waals surface area contributed by atoms with Gasteiger partial charge in [-0.05, 0) is 32.0 Å². The molecule has 0 saturated carbocycles. The van der Waals surface area contributed by atoms with Crippen LogP contribution in [0.1, 0.15) is 28.8 Å². The van der Waals surface area contributed by atoms with Crippen molar-refractivity contribution < 1.29 is 32.6 Å². The number of carbonyl (C=O) groups excluding carboxylic acids is 2. The summed E-state index contributed by atoms with van der Waals surface area (Å²) in [6.07, 6.45) is -1.26. The van der Waals surface area contributed by atoms with Crippen molar-refractivity contribution in [3.8, 4) is 0 Å². The maximum atomic E-state index is 13.5. The van der Waals surface area contributed by atoms with E-state index in [0.717, 1.165) is 18.2 Å². The molecule has 0 radical (unpaired) electrons. The highest BCUT2D eigenvalue weighted by Crippen LogP contribution is 2.18. The van der Waals surface area contributed by atoms with Gasteiger partial charge in [0.25, 0.3) is 5.91 Å². The normalized spacial score (nSPS) is 11.9. The summed E-state index contributed by atoms with van der Waals surface area (Å²) in [5.74, 6) is -2.79. The lowest BCUT2D eigenvalue weighted by atomic mass is 10.2. The Morgan fingerprint density at radius 2 is 2.04 bits per heavy atom. The van der Waals surface area contributed by atoms with Crippen LogP contribution >= 0.6 is 0 Å². The van der Waals surface area contributed by atoms with E-state index in [1.165, 1.54) is 19.9 Å². The number of hydrogen-bond donors (Lipinski definition) is 2. The fourth-order valence-corrected chi connectivity index (χ4v) is 1.93. The van der Waals surface area contributed by atoms with E-state index in [1.54, 1.807) is 0 Å². The fourth-order valence-electron chi connectivity index (χ4n) is 1.93. The molecule has 0 saturated heterocycles. The molecule has 0 aliphatic carbocycles. The predicted molar refractivity (Wildman–Crippen MR) is 79.2 cm³/mol. The Balaban J connectivity index is 2.04. The molecule has 0 fully saturated rings. The molecule has 1 aromatic heterocycles. The zero-order valence-corrected chi connectivity index (χ0v) is 12.9. The lowest BCUT2D eigenvalue weighted by Crippen LogP contribution is -2.30. The number of amides is 1. The number of anilines is 1. The van der Waals surface area contributed by atoms with Crippen molar-refractivity contribution >= 4 is 17.6 Å². The number of benzene rings is 1. The SMILES string of the molecule is Cc1oc(CO)cc1C(=O)O[C@H](C)C(=O)Nc1cc(F)ccc1F. The van der Waals surface area contributed by atoms with Crippen molar-refractivity contribution in [3.05, 3.63) is 53.0 Å². The molecule has 24 heavy (non-hydrogen) atoms. The highest BCUT2D eigenvalue weighted by Gasteiger charge is 2.23. The first-order valence-corrected chi connectivity index (χ1v) is 6.99. The zero-order valence-electron chi connectivity index (χ0n) is 12.9. The molecule has 2 N–H and O–H groups in total. The third-order valence-electron chi connectivity index (χ3n) is 3.18. The Hall–Kier alpha value is -2.74. The summed E-state index contributed by atoms with van der Waals surface area (Å²) in [5, 5.41) is 11.1. The molecule has 2 aromatic rings. The maximum absolute atomic E-state index is 13.5. The number of esters is 1. The van der Waals surface area contributed by atoms with E-state index in [0.29, 0.717) is 0 Å². The molecule has 8 heteroatoms. The highest BCUT2D eigenvalue weighted by atomic mass is 19.1. The molecule has 1 heterocycles. The molecular formula is C16H15F2NO5. The molecular weight excluding hydrogens is 324 g/mol. The van der Waals surface area contributed by atoms with E-state index in [-0.39, 0.29) is 29.4 Å². The minimum absolute atomic E-state index is 0.0654. The van der Waals surface area contributed by atoms with E-state index in [9.17, 15) is 18.4 Å². The molecule has 0 aliphatic heterocycles. The maximum Gasteiger partial charge on any atom is 0.342 e. The van der Waals surface area contributed by atoms with E-state index in [4.69, 9.17) is 14.3 Å². The molecule has 1 atom stereocenters. The number of carbonyl (C=O) groups is 2. The Bertz CT molecular complexity index is 772. The first-order chi connectivity index (χ1) is 11.3. The van der Waals surface area contributed by atoms with E-state index < -0.39 is 29.6 Å². The van der Waals surface area contributed by atoms with Crippen molar-refractivity contribution in [2.24, 2.45) is 0 Å². The van der Waals surface area contributed by atoms with Crippen LogP contribution < -0.4 is 5.32 Å². The lowest BCUT2D eigenvalue weighted by molar-refractivity contribution is -0.123. The van der Waals surface area contributed by atoms with Crippen LogP contribution in [0.3, 0.4) is 0 Å². The van der Waals surface area contributed by atoms with Gasteiger partial charge in [0.15, 0.2) is 6.10 Å². The van der Waals surface area contributed by atoms with Crippen LogP contribution in [0.2, 0.25) is 0 Å². The highest BCUT2D eigenvalue weighted by molar-refractivity contribution is 5.97. The fraction of sp³-hybridized carbons (Fsp3) is 0.250. The second kappa shape index (κ2) is 7.22. The van der Waals surface area contributed by atoms with Gasteiger partial charge < -0.3 is 19.6 Å². The molecule has 1 aromatic carbocycles. The Morgan fingerprint density at radius 3 is 2.67 bits per heavy atom. The van der Waals surface area contributed by atoms with Crippen molar-refractivity contribution in [3.63, 3.8) is 0 Å². The Morgan fingerprint density at radius 1 is 1.33 bits per heavy atom. The van der Waals surface area contributed by atoms with Gasteiger partial charge >= 0.3 is 5.97 Å². The molecule has 1 amide bonds. The number of nitrogens with one attached hydrogen (secondary N) is 1. The second-order valence-electron chi connectivity index (χ2n) is 5.00. The number of hydrogen-bond acceptors (Lipinski definition) is 5. The second-order valence-corrected chi connectivity index (χ2v) is 5.00. The van der Waals surface area contributed by atoms with E-state index >= 15 is 0 Å². The summed E-state index contributed by atoms with van der Waals surface area (Å²) in [6, 6.07) is 3.89. The summed E-state index contributed by atoms with van der Waals surface area (Å²) in [4.78, 5) is 24.0. The summed E-state index contributed by atoms with van der Waals surface area (Å²) >= 11 is 0.